The Kier molecular flexibility index (Phi) is 5.04. The van der Waals surface area contributed by atoms with Crippen LogP contribution in [-0.4, -0.2) is 16.9 Å². The average Bonchev–Trinajstić information content (AvgIpc) is 2.42. The van der Waals surface area contributed by atoms with Gasteiger partial charge in [-0.2, -0.15) is 0 Å². The highest BCUT2D eigenvalue weighted by Gasteiger charge is 2.10. The molecule has 1 aromatic heterocycles. The highest BCUT2D eigenvalue weighted by molar-refractivity contribution is 6.36. The van der Waals surface area contributed by atoms with Gasteiger partial charge in [0.15, 0.2) is 0 Å². The van der Waals surface area contributed by atoms with E-state index in [1.54, 1.807) is 30.5 Å². The average molecular weight is 324 g/mol. The molecule has 0 aliphatic rings. The Bertz CT molecular complexity index is 642. The molecule has 0 saturated carbocycles. The van der Waals surface area contributed by atoms with Crippen LogP contribution in [0.1, 0.15) is 24.3 Å². The molecule has 1 aromatic carbocycles. The van der Waals surface area contributed by atoms with Gasteiger partial charge in [0.1, 0.15) is 5.69 Å². The smallest absolute Gasteiger partial charge is 0.274 e. The molecule has 0 saturated heterocycles. The van der Waals surface area contributed by atoms with E-state index in [9.17, 15) is 4.79 Å². The third kappa shape index (κ3) is 4.34. The van der Waals surface area contributed by atoms with Crippen LogP contribution in [0.5, 0.6) is 0 Å². The SMILES string of the molecule is CC(C)Nc1ccc(C(=O)Nc2ccc(Cl)cc2Cl)nc1. The fourth-order valence-electron chi connectivity index (χ4n) is 1.72. The first-order valence-corrected chi connectivity index (χ1v) is 7.20. The van der Waals surface area contributed by atoms with Crippen LogP contribution >= 0.6 is 23.2 Å². The summed E-state index contributed by atoms with van der Waals surface area (Å²) in [5.74, 6) is -0.324. The number of carbonyl (C=O) groups is 1. The zero-order valence-electron chi connectivity index (χ0n) is 11.7. The Balaban J connectivity index is 2.09. The van der Waals surface area contributed by atoms with Crippen molar-refractivity contribution < 1.29 is 4.79 Å². The molecular formula is C15H15Cl2N3O. The molecule has 21 heavy (non-hydrogen) atoms. The Hall–Kier alpha value is -1.78. The number of nitrogens with zero attached hydrogens (tertiary/aromatic N) is 1. The number of pyridine rings is 1. The Morgan fingerprint density at radius 2 is 1.95 bits per heavy atom. The van der Waals surface area contributed by atoms with Gasteiger partial charge in [-0.3, -0.25) is 4.79 Å². The molecular weight excluding hydrogens is 309 g/mol. The quantitative estimate of drug-likeness (QED) is 0.873. The molecule has 0 spiro atoms. The second-order valence-corrected chi connectivity index (χ2v) is 5.65. The molecule has 0 radical (unpaired) electrons. The molecule has 2 N–H and O–H groups in total. The van der Waals surface area contributed by atoms with E-state index in [1.807, 2.05) is 19.9 Å². The maximum Gasteiger partial charge on any atom is 0.274 e. The molecule has 4 nitrogen and oxygen atoms in total. The Labute approximate surface area is 133 Å². The molecule has 0 fully saturated rings. The number of carbonyl (C=O) groups excluding carboxylic acids is 1. The lowest BCUT2D eigenvalue weighted by Crippen LogP contribution is -2.15. The summed E-state index contributed by atoms with van der Waals surface area (Å²) < 4.78 is 0. The van der Waals surface area contributed by atoms with E-state index in [1.165, 1.54) is 0 Å². The van der Waals surface area contributed by atoms with E-state index < -0.39 is 0 Å². The highest BCUT2D eigenvalue weighted by Crippen LogP contribution is 2.25. The fourth-order valence-corrected chi connectivity index (χ4v) is 2.18. The number of benzene rings is 1. The second-order valence-electron chi connectivity index (χ2n) is 4.81. The monoisotopic (exact) mass is 323 g/mol. The molecule has 0 atom stereocenters. The van der Waals surface area contributed by atoms with Gasteiger partial charge in [0.05, 0.1) is 22.6 Å². The topological polar surface area (TPSA) is 54.0 Å². The van der Waals surface area contributed by atoms with Crippen LogP contribution < -0.4 is 10.6 Å². The zero-order valence-corrected chi connectivity index (χ0v) is 13.2. The van der Waals surface area contributed by atoms with E-state index in [-0.39, 0.29) is 5.91 Å². The van der Waals surface area contributed by atoms with Gasteiger partial charge in [-0.05, 0) is 44.2 Å². The largest absolute Gasteiger partial charge is 0.382 e. The van der Waals surface area contributed by atoms with E-state index in [4.69, 9.17) is 23.2 Å². The number of amides is 1. The van der Waals surface area contributed by atoms with Crippen molar-refractivity contribution >= 4 is 40.5 Å². The van der Waals surface area contributed by atoms with Crippen molar-refractivity contribution in [3.63, 3.8) is 0 Å². The molecule has 0 aliphatic carbocycles. The van der Waals surface area contributed by atoms with E-state index >= 15 is 0 Å². The predicted octanol–water partition coefficient (Wildman–Crippen LogP) is 4.46. The van der Waals surface area contributed by atoms with Crippen LogP contribution in [-0.2, 0) is 0 Å². The summed E-state index contributed by atoms with van der Waals surface area (Å²) in [6, 6.07) is 8.65. The second kappa shape index (κ2) is 6.78. The Morgan fingerprint density at radius 3 is 2.52 bits per heavy atom. The van der Waals surface area contributed by atoms with Crippen LogP contribution in [0.2, 0.25) is 10.0 Å². The van der Waals surface area contributed by atoms with Crippen LogP contribution in [0.15, 0.2) is 36.5 Å². The number of halogens is 2. The first-order chi connectivity index (χ1) is 9.95. The number of hydrogen-bond acceptors (Lipinski definition) is 3. The van der Waals surface area contributed by atoms with Crippen molar-refractivity contribution in [2.75, 3.05) is 10.6 Å². The van der Waals surface area contributed by atoms with Gasteiger partial charge in [-0.15, -0.1) is 0 Å². The first kappa shape index (κ1) is 15.6. The van der Waals surface area contributed by atoms with Gasteiger partial charge in [0, 0.05) is 11.1 Å². The summed E-state index contributed by atoms with van der Waals surface area (Å²) in [6.45, 7) is 4.06. The van der Waals surface area contributed by atoms with Gasteiger partial charge < -0.3 is 10.6 Å². The summed E-state index contributed by atoms with van der Waals surface area (Å²) in [5.41, 5.74) is 1.68. The summed E-state index contributed by atoms with van der Waals surface area (Å²) in [5, 5.41) is 6.80. The maximum absolute atomic E-state index is 12.1. The molecule has 1 amide bonds. The molecule has 0 unspecified atom stereocenters. The van der Waals surface area contributed by atoms with E-state index in [2.05, 4.69) is 15.6 Å². The third-order valence-electron chi connectivity index (χ3n) is 2.63. The minimum Gasteiger partial charge on any atom is -0.382 e. The number of anilines is 2. The number of nitrogens with one attached hydrogen (secondary N) is 2. The standard InChI is InChI=1S/C15H15Cl2N3O/c1-9(2)19-11-4-6-14(18-8-11)15(21)20-13-5-3-10(16)7-12(13)17/h3-9,19H,1-2H3,(H,20,21). The molecule has 0 aliphatic heterocycles. The number of aromatic nitrogens is 1. The van der Waals surface area contributed by atoms with Gasteiger partial charge in [-0.1, -0.05) is 23.2 Å². The van der Waals surface area contributed by atoms with E-state index in [0.29, 0.717) is 27.5 Å². The fraction of sp³-hybridized carbons (Fsp3) is 0.200. The van der Waals surface area contributed by atoms with Crippen LogP contribution in [0.25, 0.3) is 0 Å². The molecule has 1 heterocycles. The highest BCUT2D eigenvalue weighted by atomic mass is 35.5. The third-order valence-corrected chi connectivity index (χ3v) is 3.18. The van der Waals surface area contributed by atoms with Crippen LogP contribution in [0, 0.1) is 0 Å². The lowest BCUT2D eigenvalue weighted by atomic mass is 10.2. The normalized spacial score (nSPS) is 10.5. The lowest BCUT2D eigenvalue weighted by molar-refractivity contribution is 0.102. The van der Waals surface area contributed by atoms with E-state index in [0.717, 1.165) is 5.69 Å². The molecule has 0 bridgehead atoms. The predicted molar refractivity (Wildman–Crippen MR) is 87.4 cm³/mol. The maximum atomic E-state index is 12.1. The van der Waals surface area contributed by atoms with Gasteiger partial charge >= 0.3 is 0 Å². The van der Waals surface area contributed by atoms with Crippen molar-refractivity contribution in [2.24, 2.45) is 0 Å². The van der Waals surface area contributed by atoms with Gasteiger partial charge in [-0.25, -0.2) is 4.98 Å². The van der Waals surface area contributed by atoms with Crippen LogP contribution in [0.4, 0.5) is 11.4 Å². The minimum atomic E-state index is -0.324. The number of rotatable bonds is 4. The molecule has 2 rings (SSSR count). The van der Waals surface area contributed by atoms with Crippen molar-refractivity contribution in [3.05, 3.63) is 52.3 Å². The minimum absolute atomic E-state index is 0.305. The first-order valence-electron chi connectivity index (χ1n) is 6.44. The van der Waals surface area contributed by atoms with Crippen LogP contribution in [0.3, 0.4) is 0 Å². The Morgan fingerprint density at radius 1 is 1.19 bits per heavy atom. The van der Waals surface area contributed by atoms with Gasteiger partial charge in [0.2, 0.25) is 0 Å². The summed E-state index contributed by atoms with van der Waals surface area (Å²) in [4.78, 5) is 16.2. The van der Waals surface area contributed by atoms with Crippen molar-refractivity contribution in [3.8, 4) is 0 Å². The van der Waals surface area contributed by atoms with Crippen molar-refractivity contribution in [2.45, 2.75) is 19.9 Å². The van der Waals surface area contributed by atoms with Crippen molar-refractivity contribution in [1.29, 1.82) is 0 Å². The lowest BCUT2D eigenvalue weighted by Gasteiger charge is -2.10. The number of hydrogen-bond donors (Lipinski definition) is 2. The molecule has 2 aromatic rings. The zero-order chi connectivity index (χ0) is 15.4. The summed E-state index contributed by atoms with van der Waals surface area (Å²) in [6.07, 6.45) is 1.62. The summed E-state index contributed by atoms with van der Waals surface area (Å²) >= 11 is 11.8. The summed E-state index contributed by atoms with van der Waals surface area (Å²) in [7, 11) is 0. The molecule has 6 heteroatoms. The molecule has 110 valence electrons. The van der Waals surface area contributed by atoms with Gasteiger partial charge in [0.25, 0.3) is 5.91 Å². The van der Waals surface area contributed by atoms with Crippen molar-refractivity contribution in [1.82, 2.24) is 4.98 Å².